The number of carbonyl (C=O) groups excluding carboxylic acids is 1. The molecule has 3 rings (SSSR count). The van der Waals surface area contributed by atoms with Crippen LogP contribution in [0.1, 0.15) is 31.8 Å². The van der Waals surface area contributed by atoms with Crippen molar-refractivity contribution < 1.29 is 14.7 Å². The molecular weight excluding hydrogens is 415 g/mol. The van der Waals surface area contributed by atoms with Gasteiger partial charge in [-0.05, 0) is 61.4 Å². The van der Waals surface area contributed by atoms with E-state index in [1.807, 2.05) is 13.8 Å². The van der Waals surface area contributed by atoms with Crippen molar-refractivity contribution in [2.45, 2.75) is 13.8 Å². The highest BCUT2D eigenvalue weighted by molar-refractivity contribution is 6.34. The molecule has 8 heteroatoms. The minimum Gasteiger partial charge on any atom is -0.478 e. The van der Waals surface area contributed by atoms with Crippen LogP contribution in [0.5, 0.6) is 0 Å². The van der Waals surface area contributed by atoms with Crippen LogP contribution in [0.3, 0.4) is 0 Å². The van der Waals surface area contributed by atoms with Gasteiger partial charge < -0.3 is 10.4 Å². The van der Waals surface area contributed by atoms with E-state index in [4.69, 9.17) is 28.3 Å². The van der Waals surface area contributed by atoms with Crippen molar-refractivity contribution in [3.05, 3.63) is 91.3 Å². The Hall–Kier alpha value is -3.09. The highest BCUT2D eigenvalue weighted by Crippen LogP contribution is 2.25. The summed E-state index contributed by atoms with van der Waals surface area (Å²) in [4.78, 5) is 36.2. The third-order valence-electron chi connectivity index (χ3n) is 4.33. The number of nitrogens with zero attached hydrogens (tertiary/aromatic N) is 1. The molecule has 0 aliphatic heterocycles. The van der Waals surface area contributed by atoms with Gasteiger partial charge in [-0.2, -0.15) is 0 Å². The Labute approximate surface area is 176 Å². The molecule has 1 aromatic heterocycles. The average Bonchev–Trinajstić information content (AvgIpc) is 2.67. The molecule has 0 atom stereocenters. The molecule has 0 unspecified atom stereocenters. The van der Waals surface area contributed by atoms with E-state index in [9.17, 15) is 14.4 Å². The van der Waals surface area contributed by atoms with Crippen molar-refractivity contribution in [3.8, 4) is 5.69 Å². The van der Waals surface area contributed by atoms with Gasteiger partial charge in [-0.1, -0.05) is 23.2 Å². The summed E-state index contributed by atoms with van der Waals surface area (Å²) in [7, 11) is 0. The van der Waals surface area contributed by atoms with Crippen molar-refractivity contribution in [2.75, 3.05) is 5.32 Å². The van der Waals surface area contributed by atoms with Crippen molar-refractivity contribution >= 4 is 40.8 Å². The fourth-order valence-corrected chi connectivity index (χ4v) is 3.11. The zero-order valence-corrected chi connectivity index (χ0v) is 17.0. The summed E-state index contributed by atoms with van der Waals surface area (Å²) in [6, 6.07) is 10.2. The van der Waals surface area contributed by atoms with E-state index in [2.05, 4.69) is 5.32 Å². The van der Waals surface area contributed by atoms with Gasteiger partial charge in [0, 0.05) is 23.0 Å². The Morgan fingerprint density at radius 3 is 2.21 bits per heavy atom. The molecule has 0 aliphatic carbocycles. The second-order valence-electron chi connectivity index (χ2n) is 6.47. The molecule has 0 fully saturated rings. The summed E-state index contributed by atoms with van der Waals surface area (Å²) in [5.41, 5.74) is 2.23. The van der Waals surface area contributed by atoms with Crippen molar-refractivity contribution in [2.24, 2.45) is 0 Å². The largest absolute Gasteiger partial charge is 0.478 e. The maximum Gasteiger partial charge on any atom is 0.335 e. The van der Waals surface area contributed by atoms with Crippen LogP contribution in [0, 0.1) is 13.8 Å². The molecule has 6 nitrogen and oxygen atoms in total. The summed E-state index contributed by atoms with van der Waals surface area (Å²) in [5.74, 6) is -1.68. The number of nitrogens with one attached hydrogen (secondary N) is 1. The third kappa shape index (κ3) is 4.34. The maximum atomic E-state index is 12.7. The molecule has 0 aliphatic rings. The van der Waals surface area contributed by atoms with Crippen LogP contribution in [0.4, 0.5) is 5.69 Å². The Bertz CT molecular complexity index is 1180. The van der Waals surface area contributed by atoms with Crippen LogP contribution in [-0.4, -0.2) is 21.6 Å². The number of pyridine rings is 1. The van der Waals surface area contributed by atoms with E-state index in [-0.39, 0.29) is 27.4 Å². The Morgan fingerprint density at radius 1 is 0.966 bits per heavy atom. The minimum atomic E-state index is -1.14. The van der Waals surface area contributed by atoms with Crippen LogP contribution in [-0.2, 0) is 0 Å². The van der Waals surface area contributed by atoms with Gasteiger partial charge >= 0.3 is 5.97 Å². The number of amides is 1. The van der Waals surface area contributed by atoms with E-state index in [1.165, 1.54) is 41.1 Å². The number of benzene rings is 2. The topological polar surface area (TPSA) is 88.4 Å². The van der Waals surface area contributed by atoms with Crippen molar-refractivity contribution in [1.82, 2.24) is 4.57 Å². The van der Waals surface area contributed by atoms with Crippen molar-refractivity contribution in [3.63, 3.8) is 0 Å². The molecule has 2 N–H and O–H groups in total. The summed E-state index contributed by atoms with van der Waals surface area (Å²) < 4.78 is 1.35. The lowest BCUT2D eigenvalue weighted by atomic mass is 10.1. The smallest absolute Gasteiger partial charge is 0.335 e. The Kier molecular flexibility index (Phi) is 5.77. The Morgan fingerprint density at radius 2 is 1.59 bits per heavy atom. The molecule has 0 bridgehead atoms. The number of hydrogen-bond donors (Lipinski definition) is 2. The summed E-state index contributed by atoms with van der Waals surface area (Å²) in [5, 5.41) is 12.5. The van der Waals surface area contributed by atoms with Crippen LogP contribution in [0.2, 0.25) is 10.0 Å². The van der Waals surface area contributed by atoms with E-state index < -0.39 is 11.9 Å². The second-order valence-corrected chi connectivity index (χ2v) is 7.26. The van der Waals surface area contributed by atoms with E-state index >= 15 is 0 Å². The van der Waals surface area contributed by atoms with Crippen LogP contribution in [0.15, 0.2) is 53.5 Å². The number of hydrogen-bond acceptors (Lipinski definition) is 3. The number of carbonyl (C=O) groups is 2. The van der Waals surface area contributed by atoms with E-state index in [0.717, 1.165) is 11.1 Å². The molecule has 1 heterocycles. The highest BCUT2D eigenvalue weighted by Gasteiger charge is 2.14. The highest BCUT2D eigenvalue weighted by atomic mass is 35.5. The Balaban J connectivity index is 1.98. The van der Waals surface area contributed by atoms with Gasteiger partial charge in [-0.25, -0.2) is 4.79 Å². The number of rotatable bonds is 4. The minimum absolute atomic E-state index is 0.0122. The lowest BCUT2D eigenvalue weighted by Gasteiger charge is -2.12. The lowest BCUT2D eigenvalue weighted by molar-refractivity contribution is 0.0696. The molecule has 0 saturated heterocycles. The first kappa shape index (κ1) is 20.6. The third-order valence-corrected chi connectivity index (χ3v) is 5.26. The number of carboxylic acids is 1. The summed E-state index contributed by atoms with van der Waals surface area (Å²) in [6.45, 7) is 3.66. The molecule has 1 amide bonds. The van der Waals surface area contributed by atoms with Gasteiger partial charge in [-0.3, -0.25) is 14.2 Å². The van der Waals surface area contributed by atoms with Crippen LogP contribution < -0.4 is 10.9 Å². The number of aryl methyl sites for hydroxylation is 2. The first-order valence-electron chi connectivity index (χ1n) is 8.51. The molecule has 148 valence electrons. The van der Waals surface area contributed by atoms with Gasteiger partial charge in [0.2, 0.25) is 0 Å². The average molecular weight is 431 g/mol. The molecular formula is C21H16Cl2N2O4. The van der Waals surface area contributed by atoms with Gasteiger partial charge in [0.15, 0.2) is 0 Å². The predicted molar refractivity (Wildman–Crippen MR) is 113 cm³/mol. The number of carboxylic acid groups (broad SMARTS) is 1. The first-order chi connectivity index (χ1) is 13.7. The summed E-state index contributed by atoms with van der Waals surface area (Å²) >= 11 is 12.3. The normalized spacial score (nSPS) is 10.6. The van der Waals surface area contributed by atoms with Gasteiger partial charge in [0.05, 0.1) is 21.8 Å². The molecule has 0 saturated carbocycles. The second kappa shape index (κ2) is 8.11. The first-order valence-corrected chi connectivity index (χ1v) is 9.27. The van der Waals surface area contributed by atoms with Crippen LogP contribution in [0.25, 0.3) is 5.69 Å². The van der Waals surface area contributed by atoms with Gasteiger partial charge in [0.25, 0.3) is 11.5 Å². The van der Waals surface area contributed by atoms with Gasteiger partial charge in [-0.15, -0.1) is 0 Å². The SMILES string of the molecule is Cc1cc(-n2cc(C(=O)Nc3cc(C(=O)O)ccc3Cl)ccc2=O)cc(C)c1Cl. The summed E-state index contributed by atoms with van der Waals surface area (Å²) in [6.07, 6.45) is 1.41. The van der Waals surface area contributed by atoms with Gasteiger partial charge in [0.1, 0.15) is 0 Å². The molecule has 29 heavy (non-hydrogen) atoms. The number of aromatic nitrogens is 1. The quantitative estimate of drug-likeness (QED) is 0.626. The standard InChI is InChI=1S/C21H16Cl2N2O4/c1-11-7-15(8-12(2)19(11)23)25-10-14(4-6-18(25)26)20(27)24-17-9-13(21(28)29)3-5-16(17)22/h3-10H,1-2H3,(H,24,27)(H,28,29). The fraction of sp³-hybridized carbons (Fsp3) is 0.0952. The maximum absolute atomic E-state index is 12.7. The lowest BCUT2D eigenvalue weighted by Crippen LogP contribution is -2.21. The van der Waals surface area contributed by atoms with Crippen molar-refractivity contribution in [1.29, 1.82) is 0 Å². The fourth-order valence-electron chi connectivity index (χ4n) is 2.83. The zero-order chi connectivity index (χ0) is 21.3. The van der Waals surface area contributed by atoms with E-state index in [1.54, 1.807) is 12.1 Å². The predicted octanol–water partition coefficient (Wildman–Crippen LogP) is 4.71. The molecule has 3 aromatic rings. The zero-order valence-electron chi connectivity index (χ0n) is 15.5. The van der Waals surface area contributed by atoms with E-state index in [0.29, 0.717) is 10.7 Å². The number of anilines is 1. The number of halogens is 2. The molecule has 2 aromatic carbocycles. The molecule has 0 spiro atoms. The van der Waals surface area contributed by atoms with Crippen LogP contribution >= 0.6 is 23.2 Å². The molecule has 0 radical (unpaired) electrons. The monoisotopic (exact) mass is 430 g/mol. The number of aromatic carboxylic acids is 1.